The van der Waals surface area contributed by atoms with Gasteiger partial charge in [-0.2, -0.15) is 13.2 Å². The van der Waals surface area contributed by atoms with E-state index in [1.165, 1.54) is 6.07 Å². The summed E-state index contributed by atoms with van der Waals surface area (Å²) < 4.78 is 38.5. The molecule has 8 nitrogen and oxygen atoms in total. The number of nitrogens with zero attached hydrogens (tertiary/aromatic N) is 2. The number of carbonyl (C=O) groups is 4. The molecule has 2 rings (SSSR count). The van der Waals surface area contributed by atoms with Gasteiger partial charge in [0.1, 0.15) is 6.54 Å². The van der Waals surface area contributed by atoms with Crippen molar-refractivity contribution in [2.75, 3.05) is 18.9 Å². The average Bonchev–Trinajstić information content (AvgIpc) is 2.71. The first-order valence-corrected chi connectivity index (χ1v) is 6.89. The average molecular weight is 395 g/mol. The van der Waals surface area contributed by atoms with Gasteiger partial charge in [0.2, 0.25) is 5.91 Å². The molecule has 26 heavy (non-hydrogen) atoms. The van der Waals surface area contributed by atoms with Gasteiger partial charge in [0, 0.05) is 19.3 Å². The van der Waals surface area contributed by atoms with Crippen LogP contribution in [0, 0.1) is 0 Å². The molecule has 0 saturated carbocycles. The van der Waals surface area contributed by atoms with E-state index >= 15 is 0 Å². The van der Waals surface area contributed by atoms with Crippen molar-refractivity contribution in [3.63, 3.8) is 0 Å². The van der Waals surface area contributed by atoms with Gasteiger partial charge >= 0.3 is 24.0 Å². The highest BCUT2D eigenvalue weighted by Gasteiger charge is 2.43. The van der Waals surface area contributed by atoms with Crippen LogP contribution in [-0.2, 0) is 27.1 Å². The lowest BCUT2D eigenvalue weighted by Gasteiger charge is -2.15. The topological polar surface area (TPSA) is 113 Å². The van der Waals surface area contributed by atoms with Crippen molar-refractivity contribution in [2.24, 2.45) is 5.73 Å². The summed E-state index contributed by atoms with van der Waals surface area (Å²) in [6.45, 7) is -0.989. The molecule has 5 amide bonds. The Morgan fingerprint density at radius 3 is 2.23 bits per heavy atom. The maximum absolute atomic E-state index is 12.8. The van der Waals surface area contributed by atoms with Gasteiger partial charge in [-0.25, -0.2) is 9.69 Å². The maximum Gasteiger partial charge on any atom is 0.416 e. The van der Waals surface area contributed by atoms with Crippen LogP contribution >= 0.6 is 12.4 Å². The van der Waals surface area contributed by atoms with Gasteiger partial charge in [-0.15, -0.1) is 12.4 Å². The van der Waals surface area contributed by atoms with Crippen molar-refractivity contribution in [3.05, 3.63) is 29.3 Å². The van der Waals surface area contributed by atoms with Crippen LogP contribution in [-0.4, -0.2) is 47.1 Å². The predicted octanol–water partition coefficient (Wildman–Crippen LogP) is 0.945. The summed E-state index contributed by atoms with van der Waals surface area (Å²) in [5.41, 5.74) is 4.27. The Hall–Kier alpha value is -2.66. The largest absolute Gasteiger partial charge is 0.416 e. The summed E-state index contributed by atoms with van der Waals surface area (Å²) in [7, 11) is 1.07. The lowest BCUT2D eigenvalue weighted by Crippen LogP contribution is -2.38. The number of anilines is 1. The highest BCUT2D eigenvalue weighted by molar-refractivity contribution is 6.44. The number of imide groups is 2. The zero-order chi connectivity index (χ0) is 18.9. The van der Waals surface area contributed by atoms with Crippen LogP contribution < -0.4 is 11.1 Å². The molecular weight excluding hydrogens is 381 g/mol. The molecule has 142 valence electrons. The van der Waals surface area contributed by atoms with Gasteiger partial charge in [-0.1, -0.05) is 0 Å². The Labute approximate surface area is 151 Å². The number of benzene rings is 1. The summed E-state index contributed by atoms with van der Waals surface area (Å²) in [5, 5.41) is 2.16. The first kappa shape index (κ1) is 21.4. The summed E-state index contributed by atoms with van der Waals surface area (Å²) in [6, 6.07) is 1.79. The van der Waals surface area contributed by atoms with E-state index in [1.807, 2.05) is 0 Å². The van der Waals surface area contributed by atoms with Crippen LogP contribution in [0.2, 0.25) is 0 Å². The van der Waals surface area contributed by atoms with Crippen LogP contribution in [0.5, 0.6) is 0 Å². The van der Waals surface area contributed by atoms with E-state index in [9.17, 15) is 32.3 Å². The second-order valence-electron chi connectivity index (χ2n) is 5.21. The summed E-state index contributed by atoms with van der Waals surface area (Å²) in [4.78, 5) is 47.4. The van der Waals surface area contributed by atoms with Gasteiger partial charge < -0.3 is 11.1 Å². The van der Waals surface area contributed by atoms with Crippen LogP contribution in [0.25, 0.3) is 0 Å². The molecule has 1 aromatic carbocycles. The fraction of sp³-hybridized carbons (Fsp3) is 0.286. The number of alkyl halides is 3. The molecule has 0 atom stereocenters. The Balaban J connectivity index is 0.00000338. The smallest absolute Gasteiger partial charge is 0.326 e. The Bertz CT molecular complexity index is 769. The molecule has 0 spiro atoms. The first-order valence-electron chi connectivity index (χ1n) is 6.89. The summed E-state index contributed by atoms with van der Waals surface area (Å²) in [5.74, 6) is -3.22. The molecule has 1 aromatic rings. The third kappa shape index (κ3) is 4.29. The number of hydrogen-bond donors (Lipinski definition) is 2. The Morgan fingerprint density at radius 2 is 1.77 bits per heavy atom. The van der Waals surface area contributed by atoms with Crippen molar-refractivity contribution in [3.8, 4) is 0 Å². The molecule has 3 N–H and O–H groups in total. The van der Waals surface area contributed by atoms with Crippen LogP contribution in [0.15, 0.2) is 18.2 Å². The molecule has 0 radical (unpaired) electrons. The Morgan fingerprint density at radius 1 is 1.15 bits per heavy atom. The standard InChI is InChI=1S/C14H13F3N4O4.ClH/c1-20-11(23)12(24)21(13(20)25)6-10(22)19-9-3-7(5-18)2-8(4-9)14(15,16)17;/h2-4H,5-6,18H2,1H3,(H,19,22);1H. The molecule has 0 aromatic heterocycles. The minimum atomic E-state index is -4.64. The molecule has 1 aliphatic rings. The van der Waals surface area contributed by atoms with Gasteiger partial charge in [0.25, 0.3) is 0 Å². The number of urea groups is 1. The van der Waals surface area contributed by atoms with E-state index in [0.717, 1.165) is 13.1 Å². The lowest BCUT2D eigenvalue weighted by atomic mass is 10.1. The molecule has 1 fully saturated rings. The number of nitrogens with one attached hydrogen (secondary N) is 1. The van der Waals surface area contributed by atoms with Gasteiger partial charge in [0.05, 0.1) is 5.56 Å². The minimum Gasteiger partial charge on any atom is -0.326 e. The SMILES string of the molecule is CN1C(=O)C(=O)N(CC(=O)Nc2cc(CN)cc(C(F)(F)F)c2)C1=O.Cl. The number of amides is 5. The van der Waals surface area contributed by atoms with Crippen molar-refractivity contribution >= 4 is 41.8 Å². The number of likely N-dealkylation sites (N-methyl/N-ethyl adjacent to an activating group) is 1. The monoisotopic (exact) mass is 394 g/mol. The number of halogens is 4. The summed E-state index contributed by atoms with van der Waals surface area (Å²) >= 11 is 0. The van der Waals surface area contributed by atoms with E-state index in [0.29, 0.717) is 15.9 Å². The van der Waals surface area contributed by atoms with E-state index in [4.69, 9.17) is 5.73 Å². The molecule has 0 aliphatic carbocycles. The summed E-state index contributed by atoms with van der Waals surface area (Å²) in [6.07, 6.45) is -4.64. The zero-order valence-electron chi connectivity index (χ0n) is 13.3. The zero-order valence-corrected chi connectivity index (χ0v) is 14.1. The van der Waals surface area contributed by atoms with Gasteiger partial charge in [0.15, 0.2) is 0 Å². The second kappa shape index (κ2) is 7.70. The molecular formula is C14H14ClF3N4O4. The van der Waals surface area contributed by atoms with Crippen molar-refractivity contribution in [1.29, 1.82) is 0 Å². The quantitative estimate of drug-likeness (QED) is 0.583. The second-order valence-corrected chi connectivity index (χ2v) is 5.21. The molecule has 1 saturated heterocycles. The van der Waals surface area contributed by atoms with Crippen LogP contribution in [0.3, 0.4) is 0 Å². The number of rotatable bonds is 4. The predicted molar refractivity (Wildman–Crippen MR) is 85.1 cm³/mol. The van der Waals surface area contributed by atoms with Crippen molar-refractivity contribution < 1.29 is 32.3 Å². The van der Waals surface area contributed by atoms with Crippen LogP contribution in [0.1, 0.15) is 11.1 Å². The van der Waals surface area contributed by atoms with Crippen molar-refractivity contribution in [2.45, 2.75) is 12.7 Å². The van der Waals surface area contributed by atoms with Crippen molar-refractivity contribution in [1.82, 2.24) is 9.80 Å². The van der Waals surface area contributed by atoms with E-state index in [-0.39, 0.29) is 30.2 Å². The normalized spacial score (nSPS) is 14.6. The van der Waals surface area contributed by atoms with E-state index in [1.54, 1.807) is 0 Å². The molecule has 0 unspecified atom stereocenters. The third-order valence-electron chi connectivity index (χ3n) is 3.39. The molecule has 0 bridgehead atoms. The third-order valence-corrected chi connectivity index (χ3v) is 3.39. The highest BCUT2D eigenvalue weighted by atomic mass is 35.5. The molecule has 1 aliphatic heterocycles. The minimum absolute atomic E-state index is 0. The van der Waals surface area contributed by atoms with Gasteiger partial charge in [-0.3, -0.25) is 19.3 Å². The number of carbonyl (C=O) groups excluding carboxylic acids is 4. The number of nitrogens with two attached hydrogens (primary N) is 1. The number of hydrogen-bond acceptors (Lipinski definition) is 5. The van der Waals surface area contributed by atoms with Gasteiger partial charge in [-0.05, 0) is 23.8 Å². The van der Waals surface area contributed by atoms with E-state index in [2.05, 4.69) is 5.32 Å². The maximum atomic E-state index is 12.8. The molecule has 1 heterocycles. The fourth-order valence-corrected chi connectivity index (χ4v) is 2.14. The highest BCUT2D eigenvalue weighted by Crippen LogP contribution is 2.32. The molecule has 12 heteroatoms. The fourth-order valence-electron chi connectivity index (χ4n) is 2.14. The lowest BCUT2D eigenvalue weighted by molar-refractivity contribution is -0.143. The van der Waals surface area contributed by atoms with E-state index < -0.39 is 42.0 Å². The Kier molecular flexibility index (Phi) is 6.34. The van der Waals surface area contributed by atoms with Crippen LogP contribution in [0.4, 0.5) is 23.7 Å². The first-order chi connectivity index (χ1) is 11.5.